The summed E-state index contributed by atoms with van der Waals surface area (Å²) in [7, 11) is 0. The van der Waals surface area contributed by atoms with Crippen molar-refractivity contribution in [3.63, 3.8) is 0 Å². The predicted octanol–water partition coefficient (Wildman–Crippen LogP) is 3.49. The number of piperidine rings is 1. The van der Waals surface area contributed by atoms with Crippen LogP contribution in [0.2, 0.25) is 5.02 Å². The van der Waals surface area contributed by atoms with E-state index in [1.807, 2.05) is 24.0 Å². The molecule has 1 fully saturated rings. The minimum absolute atomic E-state index is 0.00889. The second-order valence-electron chi connectivity index (χ2n) is 6.08. The van der Waals surface area contributed by atoms with Crippen molar-refractivity contribution >= 4 is 17.5 Å². The van der Waals surface area contributed by atoms with Crippen LogP contribution in [0, 0.1) is 6.92 Å². The summed E-state index contributed by atoms with van der Waals surface area (Å²) in [5.41, 5.74) is 0.966. The van der Waals surface area contributed by atoms with Gasteiger partial charge in [0, 0.05) is 36.6 Å². The standard InChI is InChI=1S/C19H21ClN2O3/c1-14-2-5-18(12-21-14)25-17-8-10-22(11-9-17)19(23)13-24-16-6-3-15(20)4-7-16/h2-7,12,17H,8-11,13H2,1H3. The van der Waals surface area contributed by atoms with E-state index in [1.165, 1.54) is 0 Å². The van der Waals surface area contributed by atoms with Crippen molar-refractivity contribution in [3.8, 4) is 11.5 Å². The minimum atomic E-state index is -0.00889. The van der Waals surface area contributed by atoms with Crippen LogP contribution in [-0.4, -0.2) is 41.6 Å². The number of aryl methyl sites for hydroxylation is 1. The molecule has 0 radical (unpaired) electrons. The molecule has 2 aromatic rings. The van der Waals surface area contributed by atoms with Gasteiger partial charge >= 0.3 is 0 Å². The Labute approximate surface area is 152 Å². The maximum Gasteiger partial charge on any atom is 0.260 e. The van der Waals surface area contributed by atoms with Crippen LogP contribution in [0.15, 0.2) is 42.6 Å². The first kappa shape index (κ1) is 17.5. The molecule has 25 heavy (non-hydrogen) atoms. The molecule has 2 heterocycles. The lowest BCUT2D eigenvalue weighted by molar-refractivity contribution is -0.135. The molecular formula is C19H21ClN2O3. The van der Waals surface area contributed by atoms with Gasteiger partial charge in [-0.25, -0.2) is 0 Å². The van der Waals surface area contributed by atoms with Gasteiger partial charge in [0.25, 0.3) is 5.91 Å². The van der Waals surface area contributed by atoms with E-state index in [1.54, 1.807) is 30.5 Å². The van der Waals surface area contributed by atoms with Crippen molar-refractivity contribution in [1.29, 1.82) is 0 Å². The van der Waals surface area contributed by atoms with Crippen molar-refractivity contribution in [3.05, 3.63) is 53.3 Å². The average Bonchev–Trinajstić information content (AvgIpc) is 2.63. The first-order valence-electron chi connectivity index (χ1n) is 8.35. The molecule has 1 saturated heterocycles. The Morgan fingerprint density at radius 1 is 1.16 bits per heavy atom. The third-order valence-electron chi connectivity index (χ3n) is 4.16. The summed E-state index contributed by atoms with van der Waals surface area (Å²) < 4.78 is 11.5. The highest BCUT2D eigenvalue weighted by Crippen LogP contribution is 2.19. The van der Waals surface area contributed by atoms with Crippen molar-refractivity contribution in [2.24, 2.45) is 0 Å². The summed E-state index contributed by atoms with van der Waals surface area (Å²) in [5.74, 6) is 1.41. The molecule has 1 amide bonds. The lowest BCUT2D eigenvalue weighted by Gasteiger charge is -2.32. The maximum absolute atomic E-state index is 12.3. The van der Waals surface area contributed by atoms with E-state index in [0.29, 0.717) is 23.9 Å². The number of carbonyl (C=O) groups is 1. The lowest BCUT2D eigenvalue weighted by Crippen LogP contribution is -2.43. The number of hydrogen-bond acceptors (Lipinski definition) is 4. The third-order valence-corrected chi connectivity index (χ3v) is 4.41. The Hall–Kier alpha value is -2.27. The Morgan fingerprint density at radius 2 is 1.84 bits per heavy atom. The van der Waals surface area contributed by atoms with Crippen LogP contribution in [0.1, 0.15) is 18.5 Å². The molecule has 0 atom stereocenters. The van der Waals surface area contributed by atoms with Gasteiger partial charge in [0.15, 0.2) is 6.61 Å². The van der Waals surface area contributed by atoms with Crippen LogP contribution in [0.25, 0.3) is 0 Å². The lowest BCUT2D eigenvalue weighted by atomic mass is 10.1. The molecular weight excluding hydrogens is 340 g/mol. The highest BCUT2D eigenvalue weighted by atomic mass is 35.5. The summed E-state index contributed by atoms with van der Waals surface area (Å²) in [6.45, 7) is 3.33. The minimum Gasteiger partial charge on any atom is -0.489 e. The zero-order valence-electron chi connectivity index (χ0n) is 14.2. The van der Waals surface area contributed by atoms with E-state index in [4.69, 9.17) is 21.1 Å². The monoisotopic (exact) mass is 360 g/mol. The largest absolute Gasteiger partial charge is 0.489 e. The fourth-order valence-electron chi connectivity index (χ4n) is 2.71. The SMILES string of the molecule is Cc1ccc(OC2CCN(C(=O)COc3ccc(Cl)cc3)CC2)cn1. The van der Waals surface area contributed by atoms with Crippen LogP contribution >= 0.6 is 11.6 Å². The predicted molar refractivity (Wildman–Crippen MR) is 96.2 cm³/mol. The fraction of sp³-hybridized carbons (Fsp3) is 0.368. The summed E-state index contributed by atoms with van der Waals surface area (Å²) in [4.78, 5) is 18.3. The van der Waals surface area contributed by atoms with Crippen molar-refractivity contribution in [2.75, 3.05) is 19.7 Å². The number of rotatable bonds is 5. The van der Waals surface area contributed by atoms with Gasteiger partial charge in [-0.15, -0.1) is 0 Å². The number of benzene rings is 1. The molecule has 0 aliphatic carbocycles. The normalized spacial score (nSPS) is 15.0. The molecule has 1 aliphatic heterocycles. The first-order valence-corrected chi connectivity index (χ1v) is 8.73. The highest BCUT2D eigenvalue weighted by Gasteiger charge is 2.24. The van der Waals surface area contributed by atoms with E-state index < -0.39 is 0 Å². The van der Waals surface area contributed by atoms with E-state index >= 15 is 0 Å². The Morgan fingerprint density at radius 3 is 2.48 bits per heavy atom. The van der Waals surface area contributed by atoms with Crippen molar-refractivity contribution < 1.29 is 14.3 Å². The number of carbonyl (C=O) groups excluding carboxylic acids is 1. The Balaban J connectivity index is 1.42. The smallest absolute Gasteiger partial charge is 0.260 e. The molecule has 5 nitrogen and oxygen atoms in total. The second-order valence-corrected chi connectivity index (χ2v) is 6.51. The molecule has 6 heteroatoms. The van der Waals surface area contributed by atoms with E-state index in [0.717, 1.165) is 24.3 Å². The summed E-state index contributed by atoms with van der Waals surface area (Å²) >= 11 is 5.83. The molecule has 0 saturated carbocycles. The molecule has 3 rings (SSSR count). The Kier molecular flexibility index (Phi) is 5.76. The Bertz CT molecular complexity index is 696. The topological polar surface area (TPSA) is 51.7 Å². The summed E-state index contributed by atoms with van der Waals surface area (Å²) in [6.07, 6.45) is 3.47. The zero-order chi connectivity index (χ0) is 17.6. The van der Waals surface area contributed by atoms with Gasteiger partial charge in [0.1, 0.15) is 17.6 Å². The first-order chi connectivity index (χ1) is 12.1. The molecule has 0 unspecified atom stereocenters. The maximum atomic E-state index is 12.3. The van der Waals surface area contributed by atoms with Crippen LogP contribution in [0.3, 0.4) is 0 Å². The molecule has 1 aliphatic rings. The van der Waals surface area contributed by atoms with Gasteiger partial charge < -0.3 is 14.4 Å². The van der Waals surface area contributed by atoms with Crippen molar-refractivity contribution in [2.45, 2.75) is 25.9 Å². The van der Waals surface area contributed by atoms with Crippen LogP contribution in [0.4, 0.5) is 0 Å². The van der Waals surface area contributed by atoms with Crippen LogP contribution < -0.4 is 9.47 Å². The summed E-state index contributed by atoms with van der Waals surface area (Å²) in [5, 5.41) is 0.643. The zero-order valence-corrected chi connectivity index (χ0v) is 14.9. The number of pyridine rings is 1. The molecule has 1 aromatic heterocycles. The number of ether oxygens (including phenoxy) is 2. The average molecular weight is 361 g/mol. The molecule has 0 spiro atoms. The third kappa shape index (κ3) is 5.10. The van der Waals surface area contributed by atoms with E-state index in [-0.39, 0.29) is 18.6 Å². The molecule has 132 valence electrons. The second kappa shape index (κ2) is 8.21. The quantitative estimate of drug-likeness (QED) is 0.819. The number of hydrogen-bond donors (Lipinski definition) is 0. The number of aromatic nitrogens is 1. The highest BCUT2D eigenvalue weighted by molar-refractivity contribution is 6.30. The molecule has 1 aromatic carbocycles. The van der Waals surface area contributed by atoms with Crippen LogP contribution in [-0.2, 0) is 4.79 Å². The van der Waals surface area contributed by atoms with Gasteiger partial charge in [0.05, 0.1) is 6.20 Å². The van der Waals surface area contributed by atoms with Gasteiger partial charge in [-0.3, -0.25) is 9.78 Å². The van der Waals surface area contributed by atoms with Crippen molar-refractivity contribution in [1.82, 2.24) is 9.88 Å². The number of halogens is 1. The van der Waals surface area contributed by atoms with E-state index in [9.17, 15) is 4.79 Å². The number of likely N-dealkylation sites (tertiary alicyclic amines) is 1. The van der Waals surface area contributed by atoms with Gasteiger partial charge in [-0.05, 0) is 43.3 Å². The molecule has 0 bridgehead atoms. The van der Waals surface area contributed by atoms with Gasteiger partial charge in [0.2, 0.25) is 0 Å². The van der Waals surface area contributed by atoms with Gasteiger partial charge in [-0.2, -0.15) is 0 Å². The number of amides is 1. The number of nitrogens with zero attached hydrogens (tertiary/aromatic N) is 2. The molecule has 0 N–H and O–H groups in total. The van der Waals surface area contributed by atoms with Gasteiger partial charge in [-0.1, -0.05) is 11.6 Å². The fourth-order valence-corrected chi connectivity index (χ4v) is 2.83. The summed E-state index contributed by atoms with van der Waals surface area (Å²) in [6, 6.07) is 10.9. The van der Waals surface area contributed by atoms with Crippen LogP contribution in [0.5, 0.6) is 11.5 Å². The van der Waals surface area contributed by atoms with E-state index in [2.05, 4.69) is 4.98 Å².